The lowest BCUT2D eigenvalue weighted by atomic mass is 10.2. The van der Waals surface area contributed by atoms with E-state index in [4.69, 9.17) is 10.5 Å². The third-order valence-electron chi connectivity index (χ3n) is 2.59. The molecule has 0 heterocycles. The largest absolute Gasteiger partial charge is 0.454 e. The summed E-state index contributed by atoms with van der Waals surface area (Å²) in [7, 11) is 0. The molecule has 0 saturated heterocycles. The van der Waals surface area contributed by atoms with Crippen molar-refractivity contribution < 1.29 is 13.5 Å². The van der Waals surface area contributed by atoms with Gasteiger partial charge in [0.15, 0.2) is 11.6 Å². The molecule has 0 atom stereocenters. The predicted molar refractivity (Wildman–Crippen MR) is 65.5 cm³/mol. The van der Waals surface area contributed by atoms with Crippen LogP contribution in [0.5, 0.6) is 11.5 Å². The van der Waals surface area contributed by atoms with Gasteiger partial charge in [-0.3, -0.25) is 0 Å². The summed E-state index contributed by atoms with van der Waals surface area (Å²) in [5, 5.41) is 0. The van der Waals surface area contributed by atoms with Gasteiger partial charge in [-0.05, 0) is 36.8 Å². The molecule has 18 heavy (non-hydrogen) atoms. The summed E-state index contributed by atoms with van der Waals surface area (Å²) >= 11 is 0. The van der Waals surface area contributed by atoms with E-state index in [-0.39, 0.29) is 23.6 Å². The molecule has 0 spiro atoms. The van der Waals surface area contributed by atoms with Gasteiger partial charge < -0.3 is 10.5 Å². The van der Waals surface area contributed by atoms with E-state index in [0.29, 0.717) is 0 Å². The molecule has 94 valence electrons. The number of halogens is 2. The zero-order valence-corrected chi connectivity index (χ0v) is 9.91. The van der Waals surface area contributed by atoms with Crippen LogP contribution in [0.3, 0.4) is 0 Å². The smallest absolute Gasteiger partial charge is 0.165 e. The van der Waals surface area contributed by atoms with Crippen LogP contribution < -0.4 is 10.5 Å². The van der Waals surface area contributed by atoms with E-state index < -0.39 is 11.6 Å². The second-order valence-corrected chi connectivity index (χ2v) is 3.96. The Kier molecular flexibility index (Phi) is 3.58. The Hall–Kier alpha value is -1.94. The van der Waals surface area contributed by atoms with E-state index in [1.54, 1.807) is 18.2 Å². The minimum absolute atomic E-state index is 0.00452. The zero-order chi connectivity index (χ0) is 13.1. The fourth-order valence-electron chi connectivity index (χ4n) is 1.64. The van der Waals surface area contributed by atoms with E-state index in [1.807, 2.05) is 6.92 Å². The average molecular weight is 249 g/mol. The maximum atomic E-state index is 13.5. The average Bonchev–Trinajstić information content (AvgIpc) is 2.34. The highest BCUT2D eigenvalue weighted by Crippen LogP contribution is 2.29. The topological polar surface area (TPSA) is 35.2 Å². The normalized spacial score (nSPS) is 10.4. The molecule has 0 aliphatic heterocycles. The van der Waals surface area contributed by atoms with Gasteiger partial charge in [0.25, 0.3) is 0 Å². The second-order valence-electron chi connectivity index (χ2n) is 3.96. The van der Waals surface area contributed by atoms with Crippen molar-refractivity contribution in [3.05, 3.63) is 59.2 Å². The van der Waals surface area contributed by atoms with Gasteiger partial charge in [0.05, 0.1) is 0 Å². The molecular weight excluding hydrogens is 236 g/mol. The Morgan fingerprint density at radius 1 is 1.06 bits per heavy atom. The number of rotatable bonds is 3. The number of ether oxygens (including phenoxy) is 1. The van der Waals surface area contributed by atoms with Crippen molar-refractivity contribution in [1.29, 1.82) is 0 Å². The molecule has 2 nitrogen and oxygen atoms in total. The lowest BCUT2D eigenvalue weighted by Gasteiger charge is -2.11. The molecule has 2 aromatic carbocycles. The Balaban J connectivity index is 2.40. The van der Waals surface area contributed by atoms with Gasteiger partial charge in [0.1, 0.15) is 11.6 Å². The molecule has 2 aromatic rings. The van der Waals surface area contributed by atoms with Crippen LogP contribution in [0.15, 0.2) is 36.4 Å². The molecule has 0 bridgehead atoms. The van der Waals surface area contributed by atoms with Crippen molar-refractivity contribution in [2.75, 3.05) is 0 Å². The summed E-state index contributed by atoms with van der Waals surface area (Å²) in [6.07, 6.45) is 0. The van der Waals surface area contributed by atoms with Crippen LogP contribution in [-0.2, 0) is 6.54 Å². The van der Waals surface area contributed by atoms with Crippen molar-refractivity contribution in [1.82, 2.24) is 0 Å². The van der Waals surface area contributed by atoms with Crippen molar-refractivity contribution in [3.63, 3.8) is 0 Å². The first-order chi connectivity index (χ1) is 8.61. The Bertz CT molecular complexity index is 570. The van der Waals surface area contributed by atoms with E-state index in [9.17, 15) is 8.78 Å². The predicted octanol–water partition coefficient (Wildman–Crippen LogP) is 3.52. The third kappa shape index (κ3) is 2.49. The van der Waals surface area contributed by atoms with Crippen LogP contribution in [0.25, 0.3) is 0 Å². The quantitative estimate of drug-likeness (QED) is 0.903. The number of aryl methyl sites for hydroxylation is 1. The molecule has 0 amide bonds. The van der Waals surface area contributed by atoms with Gasteiger partial charge >= 0.3 is 0 Å². The molecule has 0 fully saturated rings. The maximum absolute atomic E-state index is 13.5. The van der Waals surface area contributed by atoms with Crippen LogP contribution in [0.1, 0.15) is 11.1 Å². The number of benzene rings is 2. The minimum atomic E-state index is -0.493. The van der Waals surface area contributed by atoms with Gasteiger partial charge in [-0.1, -0.05) is 12.1 Å². The number of hydrogen-bond donors (Lipinski definition) is 1. The third-order valence-corrected chi connectivity index (χ3v) is 2.59. The molecule has 0 saturated carbocycles. The molecular formula is C14H13F2NO. The summed E-state index contributed by atoms with van der Waals surface area (Å²) < 4.78 is 32.4. The number of nitrogens with two attached hydrogens (primary N) is 1. The van der Waals surface area contributed by atoms with Crippen molar-refractivity contribution in [2.24, 2.45) is 5.73 Å². The Labute approximate surface area is 104 Å². The van der Waals surface area contributed by atoms with Gasteiger partial charge in [-0.25, -0.2) is 8.78 Å². The monoisotopic (exact) mass is 249 g/mol. The van der Waals surface area contributed by atoms with E-state index in [1.165, 1.54) is 18.2 Å². The van der Waals surface area contributed by atoms with Crippen LogP contribution >= 0.6 is 0 Å². The second kappa shape index (κ2) is 5.14. The van der Waals surface area contributed by atoms with Crippen molar-refractivity contribution in [3.8, 4) is 11.5 Å². The highest BCUT2D eigenvalue weighted by atomic mass is 19.1. The maximum Gasteiger partial charge on any atom is 0.165 e. The first kappa shape index (κ1) is 12.5. The standard InChI is InChI=1S/C14H13F2NO/c1-9-5-6-12(16)14(7-9)18-13-4-2-3-11(15)10(13)8-17/h2-7H,8,17H2,1H3. The molecule has 0 unspecified atom stereocenters. The fourth-order valence-corrected chi connectivity index (χ4v) is 1.64. The minimum Gasteiger partial charge on any atom is -0.454 e. The SMILES string of the molecule is Cc1ccc(F)c(Oc2cccc(F)c2CN)c1. The lowest BCUT2D eigenvalue weighted by molar-refractivity contribution is 0.432. The van der Waals surface area contributed by atoms with E-state index in [2.05, 4.69) is 0 Å². The lowest BCUT2D eigenvalue weighted by Crippen LogP contribution is -2.03. The highest BCUT2D eigenvalue weighted by molar-refractivity contribution is 5.40. The first-order valence-electron chi connectivity index (χ1n) is 5.53. The van der Waals surface area contributed by atoms with Gasteiger partial charge in [0, 0.05) is 12.1 Å². The van der Waals surface area contributed by atoms with Crippen molar-refractivity contribution in [2.45, 2.75) is 13.5 Å². The van der Waals surface area contributed by atoms with Crippen molar-refractivity contribution >= 4 is 0 Å². The fraction of sp³-hybridized carbons (Fsp3) is 0.143. The molecule has 2 rings (SSSR count). The van der Waals surface area contributed by atoms with Gasteiger partial charge in [-0.15, -0.1) is 0 Å². The Morgan fingerprint density at radius 2 is 1.83 bits per heavy atom. The van der Waals surface area contributed by atoms with E-state index >= 15 is 0 Å². The van der Waals surface area contributed by atoms with Gasteiger partial charge in [-0.2, -0.15) is 0 Å². The molecule has 4 heteroatoms. The summed E-state index contributed by atoms with van der Waals surface area (Å²) in [6.45, 7) is 1.82. The molecule has 0 aromatic heterocycles. The highest BCUT2D eigenvalue weighted by Gasteiger charge is 2.11. The molecule has 0 aliphatic carbocycles. The number of hydrogen-bond acceptors (Lipinski definition) is 2. The van der Waals surface area contributed by atoms with Crippen LogP contribution in [0, 0.1) is 18.6 Å². The van der Waals surface area contributed by atoms with Crippen LogP contribution in [0.4, 0.5) is 8.78 Å². The molecule has 0 radical (unpaired) electrons. The summed E-state index contributed by atoms with van der Waals surface area (Å²) in [4.78, 5) is 0. The van der Waals surface area contributed by atoms with E-state index in [0.717, 1.165) is 5.56 Å². The molecule has 0 aliphatic rings. The summed E-state index contributed by atoms with van der Waals surface area (Å²) in [5.74, 6) is -0.645. The van der Waals surface area contributed by atoms with Crippen LogP contribution in [0.2, 0.25) is 0 Å². The summed E-state index contributed by atoms with van der Waals surface area (Å²) in [5.41, 5.74) is 6.55. The molecule has 2 N–H and O–H groups in total. The summed E-state index contributed by atoms with van der Waals surface area (Å²) in [6, 6.07) is 8.86. The first-order valence-corrected chi connectivity index (χ1v) is 5.53. The van der Waals surface area contributed by atoms with Gasteiger partial charge in [0.2, 0.25) is 0 Å². The van der Waals surface area contributed by atoms with Crippen LogP contribution in [-0.4, -0.2) is 0 Å². The zero-order valence-electron chi connectivity index (χ0n) is 9.91. The Morgan fingerprint density at radius 3 is 2.56 bits per heavy atom.